The van der Waals surface area contributed by atoms with Crippen molar-refractivity contribution in [2.45, 2.75) is 89.6 Å². The van der Waals surface area contributed by atoms with E-state index in [0.717, 1.165) is 89.4 Å². The third kappa shape index (κ3) is 16.4. The number of nitrogen functional groups attached to an aromatic ring is 2. The highest BCUT2D eigenvalue weighted by Gasteiger charge is 2.28. The van der Waals surface area contributed by atoms with Crippen molar-refractivity contribution in [1.82, 2.24) is 75.7 Å². The second-order valence-corrected chi connectivity index (χ2v) is 26.5. The van der Waals surface area contributed by atoms with Crippen LogP contribution in [0.5, 0.6) is 0 Å². The molecule has 10 N–H and O–H groups in total. The van der Waals surface area contributed by atoms with Crippen molar-refractivity contribution in [3.05, 3.63) is 181 Å². The Bertz CT molecular complexity index is 5140. The third-order valence-electron chi connectivity index (χ3n) is 17.6. The Labute approximate surface area is 603 Å². The maximum absolute atomic E-state index is 9.46. The van der Waals surface area contributed by atoms with Crippen LogP contribution in [0.4, 0.5) is 23.0 Å². The number of aryl methyl sites for hydroxylation is 1. The predicted octanol–water partition coefficient (Wildman–Crippen LogP) is 11.7. The van der Waals surface area contributed by atoms with E-state index < -0.39 is 16.2 Å². The van der Waals surface area contributed by atoms with E-state index in [9.17, 15) is 15.8 Å². The average Bonchev–Trinajstić information content (AvgIpc) is 1.33. The SMILES string of the molecule is CC(C)(C#N)c1cc(-c2cnc(N)c(-c3cc(-c4ccc(C5COCCN5)cc4)no3)n2)ccn1.CC(C)(C#N)c1cc(-c2cnc(N)c(-c3nnc(-c4ccc(N5CCC[C@@H](N)C5)cc4)o3)n2)ccn1.Cc1ncc(-c2ccnc(C(C)(C)C#N)c2)nc1-c1nnc(-c2ccc(NCCN)cc2)o1.[HH].[HH]. The van der Waals surface area contributed by atoms with Crippen molar-refractivity contribution in [3.8, 4) is 121 Å². The zero-order chi connectivity index (χ0) is 73.1. The number of rotatable bonds is 17. The molecule has 0 bridgehead atoms. The van der Waals surface area contributed by atoms with E-state index >= 15 is 0 Å². The molecule has 104 heavy (non-hydrogen) atoms. The van der Waals surface area contributed by atoms with E-state index in [1.165, 1.54) is 0 Å². The van der Waals surface area contributed by atoms with Crippen LogP contribution < -0.4 is 38.5 Å². The summed E-state index contributed by atoms with van der Waals surface area (Å²) < 4.78 is 23.0. The highest BCUT2D eigenvalue weighted by atomic mass is 16.5. The lowest BCUT2D eigenvalue weighted by molar-refractivity contribution is 0.0769. The van der Waals surface area contributed by atoms with Gasteiger partial charge in [-0.1, -0.05) is 29.4 Å². The molecule has 2 aliphatic heterocycles. The van der Waals surface area contributed by atoms with Crippen LogP contribution in [0, 0.1) is 40.9 Å². The fourth-order valence-corrected chi connectivity index (χ4v) is 11.2. The van der Waals surface area contributed by atoms with Crippen LogP contribution in [0.15, 0.2) is 166 Å². The third-order valence-corrected chi connectivity index (χ3v) is 17.6. The number of nitriles is 3. The summed E-state index contributed by atoms with van der Waals surface area (Å²) in [6.45, 7) is 18.1. The lowest BCUT2D eigenvalue weighted by atomic mass is 9.90. The molecule has 0 amide bonds. The van der Waals surface area contributed by atoms with E-state index in [0.29, 0.717) is 99.9 Å². The molecule has 28 heteroatoms. The maximum Gasteiger partial charge on any atom is 0.270 e. The molecule has 2 aliphatic rings. The molecule has 0 spiro atoms. The number of pyridine rings is 3. The lowest BCUT2D eigenvalue weighted by Gasteiger charge is -2.32. The van der Waals surface area contributed by atoms with Gasteiger partial charge in [0.15, 0.2) is 28.8 Å². The van der Waals surface area contributed by atoms with Gasteiger partial charge in [0.05, 0.1) is 112 Å². The van der Waals surface area contributed by atoms with Gasteiger partial charge in [0.25, 0.3) is 11.8 Å². The number of anilines is 4. The first-order valence-corrected chi connectivity index (χ1v) is 33.6. The molecule has 1 unspecified atom stereocenters. The van der Waals surface area contributed by atoms with Crippen LogP contribution in [0.3, 0.4) is 0 Å². The Morgan fingerprint density at radius 1 is 0.577 bits per heavy atom. The molecule has 3 aromatic carbocycles. The number of aromatic nitrogens is 14. The summed E-state index contributed by atoms with van der Waals surface area (Å²) >= 11 is 0. The number of nitrogens with two attached hydrogens (primary N) is 4. The molecule has 528 valence electrons. The van der Waals surface area contributed by atoms with Gasteiger partial charge in [-0.25, -0.2) is 24.9 Å². The van der Waals surface area contributed by atoms with Gasteiger partial charge in [0, 0.05) is 111 Å². The maximum atomic E-state index is 9.46. The van der Waals surface area contributed by atoms with E-state index in [-0.39, 0.29) is 38.4 Å². The molecule has 28 nitrogen and oxygen atoms in total. The molecule has 0 aliphatic carbocycles. The summed E-state index contributed by atoms with van der Waals surface area (Å²) in [6.07, 6.45) is 12.0. The minimum Gasteiger partial charge on any atom is -0.415 e. The number of hydrogen-bond acceptors (Lipinski definition) is 28. The number of nitrogens with zero attached hydrogens (tertiary/aromatic N) is 18. The van der Waals surface area contributed by atoms with Crippen molar-refractivity contribution < 1.29 is 20.9 Å². The van der Waals surface area contributed by atoms with Crippen molar-refractivity contribution in [2.24, 2.45) is 11.5 Å². The van der Waals surface area contributed by atoms with Gasteiger partial charge in [0.2, 0.25) is 11.8 Å². The Hall–Kier alpha value is -12.7. The number of benzene rings is 3. The molecular formula is C76H80N24O4. The van der Waals surface area contributed by atoms with Gasteiger partial charge < -0.3 is 56.6 Å². The van der Waals surface area contributed by atoms with Crippen LogP contribution in [-0.2, 0) is 21.0 Å². The Kier molecular flexibility index (Phi) is 21.3. The number of piperidine rings is 1. The normalized spacial score (nSPS) is 14.5. The van der Waals surface area contributed by atoms with Crippen LogP contribution in [0.1, 0.15) is 91.6 Å². The van der Waals surface area contributed by atoms with E-state index in [1.54, 1.807) is 49.3 Å². The van der Waals surface area contributed by atoms with Crippen molar-refractivity contribution in [2.75, 3.05) is 67.6 Å². The van der Waals surface area contributed by atoms with Crippen LogP contribution >= 0.6 is 0 Å². The minimum atomic E-state index is -0.739. The fraction of sp³-hybridized carbons (Fsp3) is 0.276. The smallest absolute Gasteiger partial charge is 0.270 e. The monoisotopic (exact) mass is 1390 g/mol. The van der Waals surface area contributed by atoms with Gasteiger partial charge >= 0.3 is 0 Å². The number of morpholine rings is 1. The zero-order valence-corrected chi connectivity index (χ0v) is 58.4. The largest absolute Gasteiger partial charge is 0.415 e. The fourth-order valence-electron chi connectivity index (χ4n) is 11.2. The first-order chi connectivity index (χ1) is 50.2. The van der Waals surface area contributed by atoms with Crippen molar-refractivity contribution in [3.63, 3.8) is 0 Å². The quantitative estimate of drug-likeness (QED) is 0.0493. The van der Waals surface area contributed by atoms with Gasteiger partial charge in [0.1, 0.15) is 11.4 Å². The van der Waals surface area contributed by atoms with Gasteiger partial charge in [-0.05, 0) is 152 Å². The van der Waals surface area contributed by atoms with Crippen molar-refractivity contribution in [1.29, 1.82) is 15.8 Å². The van der Waals surface area contributed by atoms with E-state index in [2.05, 4.69) is 111 Å². The topological polar surface area (TPSA) is 432 Å². The second kappa shape index (κ2) is 31.1. The highest BCUT2D eigenvalue weighted by molar-refractivity contribution is 5.74. The Morgan fingerprint density at radius 3 is 1.59 bits per heavy atom. The van der Waals surface area contributed by atoms with Gasteiger partial charge in [-0.3, -0.25) is 19.9 Å². The molecular weight excluding hydrogens is 1310 g/mol. The standard InChI is InChI=1S/C26H27N9O.C26H25N7O2.C24H24N8O.2H2/c1-26(2,15-27)21-12-17(9-10-30-21)20-13-31-23(29)22(32-20)25-34-33-24(36-25)16-5-7-19(8-6-16)35-11-3-4-18(28)14-35;1-26(2,15-27)23-11-18(7-8-30-23)20-13-31-25(28)24(32-20)22-12-19(33-35-22)16-3-5-17(6-4-16)21-14-34-10-9-29-21;1-15-21(23-32-31-22(33-23)16-4-6-18(7-5-16)27-11-9-25)30-19(13-29-15)17-8-10-28-20(12-17)24(2,3)14-26;;/h5-10,12-13,18H,3-4,11,14,28H2,1-2H3,(H2,29,31);3-8,11-13,21,29H,9-10,14H2,1-2H3,(H2,28,31);4-8,10,12-13,27H,9,11,25H2,1-3H3;2*1H/t18-;;;;/m1..../s1. The Balaban J connectivity index is 0.000000169. The summed E-state index contributed by atoms with van der Waals surface area (Å²) in [4.78, 5) is 42.4. The molecule has 9 aromatic heterocycles. The second-order valence-electron chi connectivity index (χ2n) is 26.5. The zero-order valence-electron chi connectivity index (χ0n) is 58.4. The van der Waals surface area contributed by atoms with E-state index in [1.807, 2.05) is 139 Å². The van der Waals surface area contributed by atoms with Crippen LogP contribution in [0.2, 0.25) is 0 Å². The summed E-state index contributed by atoms with van der Waals surface area (Å²) in [7, 11) is 0. The summed E-state index contributed by atoms with van der Waals surface area (Å²) in [5, 5.41) is 56.0. The summed E-state index contributed by atoms with van der Waals surface area (Å²) in [6, 6.07) is 43.8. The molecule has 12 aromatic rings. The summed E-state index contributed by atoms with van der Waals surface area (Å²) in [5.41, 5.74) is 36.1. The number of ether oxygens (including phenoxy) is 1. The number of hydrogen-bond donors (Lipinski definition) is 6. The summed E-state index contributed by atoms with van der Waals surface area (Å²) in [5.74, 6) is 2.05. The van der Waals surface area contributed by atoms with Crippen LogP contribution in [0.25, 0.3) is 103 Å². The molecule has 0 saturated carbocycles. The molecule has 14 rings (SSSR count). The van der Waals surface area contributed by atoms with Crippen molar-refractivity contribution >= 4 is 23.0 Å². The van der Waals surface area contributed by atoms with Crippen LogP contribution in [-0.4, -0.2) is 122 Å². The first-order valence-electron chi connectivity index (χ1n) is 33.6. The molecule has 2 atom stereocenters. The van der Waals surface area contributed by atoms with Gasteiger partial charge in [-0.15, -0.1) is 20.4 Å². The lowest BCUT2D eigenvalue weighted by Crippen LogP contribution is -2.42. The average molecular weight is 1390 g/mol. The highest BCUT2D eigenvalue weighted by Crippen LogP contribution is 2.36. The first kappa shape index (κ1) is 71.2. The predicted molar refractivity (Wildman–Crippen MR) is 396 cm³/mol. The molecule has 0 radical (unpaired) electrons. The minimum absolute atomic E-state index is 0. The van der Waals surface area contributed by atoms with Gasteiger partial charge in [-0.2, -0.15) is 15.8 Å². The number of nitrogens with one attached hydrogen (secondary N) is 2. The molecule has 11 heterocycles. The molecule has 2 fully saturated rings. The van der Waals surface area contributed by atoms with E-state index in [4.69, 9.17) is 46.0 Å². The molecule has 2 saturated heterocycles. The Morgan fingerprint density at radius 2 is 1.07 bits per heavy atom.